The number of hydrogen-bond acceptors (Lipinski definition) is 4. The minimum absolute atomic E-state index is 0.0744. The summed E-state index contributed by atoms with van der Waals surface area (Å²) in [6.45, 7) is 4.95. The summed E-state index contributed by atoms with van der Waals surface area (Å²) < 4.78 is 10.8. The number of methoxy groups -OCH3 is 1. The molecule has 0 unspecified atom stereocenters. The molecule has 0 aliphatic rings. The predicted octanol–water partition coefficient (Wildman–Crippen LogP) is 5.67. The van der Waals surface area contributed by atoms with Crippen LogP contribution < -0.4 is 14.8 Å². The number of ketones is 1. The van der Waals surface area contributed by atoms with Crippen LogP contribution in [0.3, 0.4) is 0 Å². The van der Waals surface area contributed by atoms with Gasteiger partial charge in [-0.2, -0.15) is 0 Å². The van der Waals surface area contributed by atoms with Crippen LogP contribution in [0.2, 0.25) is 0 Å². The maximum absolute atomic E-state index is 13.3. The van der Waals surface area contributed by atoms with Crippen molar-refractivity contribution >= 4 is 11.5 Å². The number of anilines is 1. The molecule has 3 rings (SSSR count). The van der Waals surface area contributed by atoms with Crippen LogP contribution in [-0.2, 0) is 6.54 Å². The van der Waals surface area contributed by atoms with Gasteiger partial charge in [0.1, 0.15) is 18.1 Å². The first-order chi connectivity index (χ1) is 15.0. The van der Waals surface area contributed by atoms with E-state index in [1.54, 1.807) is 13.2 Å². The molecule has 0 aromatic heterocycles. The summed E-state index contributed by atoms with van der Waals surface area (Å²) in [6.07, 6.45) is 5.30. The summed E-state index contributed by atoms with van der Waals surface area (Å²) in [5.41, 5.74) is 4.14. The Labute approximate surface area is 184 Å². The van der Waals surface area contributed by atoms with Crippen LogP contribution >= 0.6 is 0 Å². The van der Waals surface area contributed by atoms with Crippen LogP contribution in [0, 0.1) is 12.3 Å². The second-order valence-electron chi connectivity index (χ2n) is 7.51. The second kappa shape index (κ2) is 10.4. The zero-order valence-corrected chi connectivity index (χ0v) is 18.1. The Bertz CT molecular complexity index is 1080. The lowest BCUT2D eigenvalue weighted by atomic mass is 9.97. The maximum atomic E-state index is 13.3. The van der Waals surface area contributed by atoms with E-state index >= 15 is 0 Å². The first kappa shape index (κ1) is 22.0. The average molecular weight is 414 g/mol. The maximum Gasteiger partial charge on any atom is 0.195 e. The number of benzene rings is 3. The molecule has 0 heterocycles. The van der Waals surface area contributed by atoms with E-state index in [2.05, 4.69) is 25.1 Å². The lowest BCUT2D eigenvalue weighted by Gasteiger charge is -2.14. The molecule has 0 aliphatic heterocycles. The van der Waals surface area contributed by atoms with Crippen LogP contribution in [0.5, 0.6) is 11.5 Å². The highest BCUT2D eigenvalue weighted by atomic mass is 16.5. The van der Waals surface area contributed by atoms with Crippen molar-refractivity contribution in [3.05, 3.63) is 89.0 Å². The highest BCUT2D eigenvalue weighted by Crippen LogP contribution is 2.27. The number of nitrogens with one attached hydrogen (secondary N) is 1. The summed E-state index contributed by atoms with van der Waals surface area (Å²) in [5, 5.41) is 3.37. The Morgan fingerprint density at radius 3 is 2.48 bits per heavy atom. The topological polar surface area (TPSA) is 47.6 Å². The zero-order chi connectivity index (χ0) is 22.2. The molecule has 4 nitrogen and oxygen atoms in total. The van der Waals surface area contributed by atoms with Gasteiger partial charge in [0.2, 0.25) is 0 Å². The molecule has 1 N–H and O–H groups in total. The molecule has 0 amide bonds. The highest BCUT2D eigenvalue weighted by Gasteiger charge is 2.16. The second-order valence-corrected chi connectivity index (χ2v) is 7.51. The summed E-state index contributed by atoms with van der Waals surface area (Å²) in [7, 11) is 1.64. The number of carbonyl (C=O) groups is 1. The smallest absolute Gasteiger partial charge is 0.195 e. The molecule has 0 atom stereocenters. The predicted molar refractivity (Wildman–Crippen MR) is 125 cm³/mol. The Hall–Kier alpha value is -3.71. The van der Waals surface area contributed by atoms with Gasteiger partial charge in [-0.3, -0.25) is 4.79 Å². The van der Waals surface area contributed by atoms with Crippen molar-refractivity contribution in [1.29, 1.82) is 0 Å². The van der Waals surface area contributed by atoms with Crippen LogP contribution in [0.4, 0.5) is 5.69 Å². The zero-order valence-electron chi connectivity index (χ0n) is 18.1. The van der Waals surface area contributed by atoms with E-state index in [1.807, 2.05) is 60.7 Å². The van der Waals surface area contributed by atoms with Crippen LogP contribution in [0.25, 0.3) is 0 Å². The van der Waals surface area contributed by atoms with Crippen molar-refractivity contribution in [3.63, 3.8) is 0 Å². The summed E-state index contributed by atoms with van der Waals surface area (Å²) in [6, 6.07) is 21.0. The van der Waals surface area contributed by atoms with Gasteiger partial charge in [-0.05, 0) is 47.4 Å². The van der Waals surface area contributed by atoms with E-state index in [1.165, 1.54) is 5.56 Å². The van der Waals surface area contributed by atoms with Crippen molar-refractivity contribution < 1.29 is 14.3 Å². The molecule has 31 heavy (non-hydrogen) atoms. The standard InChI is InChI=1S/C27H27NO3/c1-5-15-31-24-13-14-26(28-18-20-7-6-8-23(16-20)30-4)25(17-24)27(29)22-11-9-21(10-12-22)19(2)3/h1,6-14,16-17,19,28H,15,18H2,2-4H3. The molecular weight excluding hydrogens is 386 g/mol. The van der Waals surface area contributed by atoms with E-state index < -0.39 is 0 Å². The van der Waals surface area contributed by atoms with E-state index in [0.717, 1.165) is 17.0 Å². The Balaban J connectivity index is 1.89. The molecule has 4 heteroatoms. The molecule has 158 valence electrons. The molecule has 0 saturated carbocycles. The van der Waals surface area contributed by atoms with Gasteiger partial charge < -0.3 is 14.8 Å². The fourth-order valence-electron chi connectivity index (χ4n) is 3.23. The van der Waals surface area contributed by atoms with Gasteiger partial charge in [0.25, 0.3) is 0 Å². The molecule has 0 fully saturated rings. The van der Waals surface area contributed by atoms with Crippen molar-refractivity contribution in [2.75, 3.05) is 19.0 Å². The fourth-order valence-corrected chi connectivity index (χ4v) is 3.23. The molecule has 3 aromatic rings. The van der Waals surface area contributed by atoms with Gasteiger partial charge in [0, 0.05) is 23.4 Å². The minimum Gasteiger partial charge on any atom is -0.497 e. The largest absolute Gasteiger partial charge is 0.497 e. The summed E-state index contributed by atoms with van der Waals surface area (Å²) in [4.78, 5) is 13.3. The van der Waals surface area contributed by atoms with Crippen LogP contribution in [0.1, 0.15) is 46.8 Å². The van der Waals surface area contributed by atoms with Crippen molar-refractivity contribution in [2.24, 2.45) is 0 Å². The number of ether oxygens (including phenoxy) is 2. The van der Waals surface area contributed by atoms with Crippen molar-refractivity contribution in [2.45, 2.75) is 26.3 Å². The third-order valence-corrected chi connectivity index (χ3v) is 5.01. The summed E-state index contributed by atoms with van der Waals surface area (Å²) >= 11 is 0. The van der Waals surface area contributed by atoms with Gasteiger partial charge in [-0.1, -0.05) is 56.2 Å². The van der Waals surface area contributed by atoms with Crippen molar-refractivity contribution in [3.8, 4) is 23.8 Å². The van der Waals surface area contributed by atoms with Gasteiger partial charge in [0.05, 0.1) is 7.11 Å². The number of terminal acetylenes is 1. The Morgan fingerprint density at radius 1 is 1.03 bits per heavy atom. The van der Waals surface area contributed by atoms with Crippen molar-refractivity contribution in [1.82, 2.24) is 0 Å². The molecule has 0 radical (unpaired) electrons. The average Bonchev–Trinajstić information content (AvgIpc) is 2.81. The van der Waals surface area contributed by atoms with Crippen LogP contribution in [0.15, 0.2) is 66.7 Å². The quantitative estimate of drug-likeness (QED) is 0.362. The monoisotopic (exact) mass is 413 g/mol. The van der Waals surface area contributed by atoms with Gasteiger partial charge >= 0.3 is 0 Å². The van der Waals surface area contributed by atoms with Gasteiger partial charge in [-0.25, -0.2) is 0 Å². The molecule has 0 saturated heterocycles. The number of rotatable bonds is 9. The van der Waals surface area contributed by atoms with Gasteiger partial charge in [0.15, 0.2) is 5.78 Å². The third-order valence-electron chi connectivity index (χ3n) is 5.01. The molecule has 3 aromatic carbocycles. The van der Waals surface area contributed by atoms with Crippen LogP contribution in [-0.4, -0.2) is 19.5 Å². The highest BCUT2D eigenvalue weighted by molar-refractivity contribution is 6.12. The van der Waals surface area contributed by atoms with E-state index in [9.17, 15) is 4.79 Å². The lowest BCUT2D eigenvalue weighted by Crippen LogP contribution is -2.09. The third kappa shape index (κ3) is 5.67. The van der Waals surface area contributed by atoms with E-state index in [-0.39, 0.29) is 12.4 Å². The normalized spacial score (nSPS) is 10.4. The number of carbonyl (C=O) groups excluding carboxylic acids is 1. The number of hydrogen-bond donors (Lipinski definition) is 1. The fraction of sp³-hybridized carbons (Fsp3) is 0.222. The molecule has 0 spiro atoms. The molecular formula is C27H27NO3. The Morgan fingerprint density at radius 2 is 1.81 bits per heavy atom. The Kier molecular flexibility index (Phi) is 7.35. The van der Waals surface area contributed by atoms with Gasteiger partial charge in [-0.15, -0.1) is 6.42 Å². The molecule has 0 bridgehead atoms. The SMILES string of the molecule is C#CCOc1ccc(NCc2cccc(OC)c2)c(C(=O)c2ccc(C(C)C)cc2)c1. The first-order valence-electron chi connectivity index (χ1n) is 10.2. The summed E-state index contributed by atoms with van der Waals surface area (Å²) in [5.74, 6) is 4.14. The lowest BCUT2D eigenvalue weighted by molar-refractivity contribution is 0.103. The van der Waals surface area contributed by atoms with E-state index in [0.29, 0.717) is 29.3 Å². The minimum atomic E-state index is -0.0744. The first-order valence-corrected chi connectivity index (χ1v) is 10.2. The molecule has 0 aliphatic carbocycles. The van der Waals surface area contributed by atoms with E-state index in [4.69, 9.17) is 15.9 Å².